The van der Waals surface area contributed by atoms with Gasteiger partial charge in [0.25, 0.3) is 5.91 Å². The summed E-state index contributed by atoms with van der Waals surface area (Å²) < 4.78 is 5.25. The highest BCUT2D eigenvalue weighted by atomic mass is 16.5. The highest BCUT2D eigenvalue weighted by Crippen LogP contribution is 2.32. The summed E-state index contributed by atoms with van der Waals surface area (Å²) in [6.45, 7) is 3.97. The first kappa shape index (κ1) is 15.4. The summed E-state index contributed by atoms with van der Waals surface area (Å²) in [6.07, 6.45) is 2.11. The molecule has 2 rings (SSSR count). The fourth-order valence-corrected chi connectivity index (χ4v) is 2.80. The van der Waals surface area contributed by atoms with Gasteiger partial charge < -0.3 is 14.7 Å². The molecule has 0 aliphatic carbocycles. The van der Waals surface area contributed by atoms with Gasteiger partial charge in [0.15, 0.2) is 0 Å². The van der Waals surface area contributed by atoms with Gasteiger partial charge in [-0.2, -0.15) is 0 Å². The molecule has 0 spiro atoms. The van der Waals surface area contributed by atoms with Gasteiger partial charge in [0, 0.05) is 6.54 Å². The molecule has 0 saturated carbocycles. The summed E-state index contributed by atoms with van der Waals surface area (Å²) in [7, 11) is 1.51. The molecular weight excluding hydrogens is 270 g/mol. The summed E-state index contributed by atoms with van der Waals surface area (Å²) in [5.41, 5.74) is 0.212. The molecule has 1 saturated heterocycles. The molecule has 1 aromatic carbocycles. The molecule has 5 nitrogen and oxygen atoms in total. The molecule has 5 heteroatoms. The van der Waals surface area contributed by atoms with Crippen molar-refractivity contribution in [3.63, 3.8) is 0 Å². The minimum atomic E-state index is -1.15. The molecule has 1 aliphatic rings. The van der Waals surface area contributed by atoms with E-state index in [4.69, 9.17) is 4.74 Å². The van der Waals surface area contributed by atoms with Crippen molar-refractivity contribution in [1.29, 1.82) is 0 Å². The van der Waals surface area contributed by atoms with Crippen molar-refractivity contribution in [2.24, 2.45) is 0 Å². The highest BCUT2D eigenvalue weighted by molar-refractivity contribution is 6.00. The number of hydrogen-bond acceptors (Lipinski definition) is 3. The molecular formula is C16H21NO4. The third kappa shape index (κ3) is 2.73. The van der Waals surface area contributed by atoms with Crippen molar-refractivity contribution >= 4 is 11.9 Å². The number of carbonyl (C=O) groups excluding carboxylic acids is 1. The van der Waals surface area contributed by atoms with E-state index in [0.29, 0.717) is 24.3 Å². The first-order chi connectivity index (χ1) is 9.90. The number of likely N-dealkylation sites (tertiary alicyclic amines) is 1. The van der Waals surface area contributed by atoms with Gasteiger partial charge in [0.05, 0.1) is 12.7 Å². The van der Waals surface area contributed by atoms with Crippen LogP contribution in [0.5, 0.6) is 5.75 Å². The maximum absolute atomic E-state index is 12.8. The van der Waals surface area contributed by atoms with E-state index in [1.54, 1.807) is 19.1 Å². The van der Waals surface area contributed by atoms with E-state index >= 15 is 0 Å². The predicted molar refractivity (Wildman–Crippen MR) is 78.7 cm³/mol. The fraction of sp³-hybridized carbons (Fsp3) is 0.500. The second-order valence-electron chi connectivity index (χ2n) is 5.70. The number of aliphatic carboxylic acids is 1. The number of aryl methyl sites for hydroxylation is 1. The highest BCUT2D eigenvalue weighted by Gasteiger charge is 2.44. The number of rotatable bonds is 3. The summed E-state index contributed by atoms with van der Waals surface area (Å²) in [6, 6.07) is 5.35. The molecule has 1 aliphatic heterocycles. The number of hydrogen-bond donors (Lipinski definition) is 1. The molecule has 1 N–H and O–H groups in total. The number of amides is 1. The van der Waals surface area contributed by atoms with E-state index in [9.17, 15) is 14.7 Å². The van der Waals surface area contributed by atoms with Crippen molar-refractivity contribution in [2.75, 3.05) is 13.7 Å². The third-order valence-electron chi connectivity index (χ3n) is 4.18. The van der Waals surface area contributed by atoms with E-state index < -0.39 is 11.5 Å². The number of nitrogens with zero attached hydrogens (tertiary/aromatic N) is 1. The van der Waals surface area contributed by atoms with E-state index in [-0.39, 0.29) is 5.91 Å². The van der Waals surface area contributed by atoms with Crippen molar-refractivity contribution < 1.29 is 19.4 Å². The number of carbonyl (C=O) groups is 2. The Morgan fingerprint density at radius 1 is 1.33 bits per heavy atom. The predicted octanol–water partition coefficient (Wildman–Crippen LogP) is 2.47. The average molecular weight is 291 g/mol. The maximum Gasteiger partial charge on any atom is 0.329 e. The molecule has 1 aromatic rings. The summed E-state index contributed by atoms with van der Waals surface area (Å²) in [5.74, 6) is -0.758. The van der Waals surface area contributed by atoms with Crippen molar-refractivity contribution in [1.82, 2.24) is 4.90 Å². The number of carboxylic acid groups (broad SMARTS) is 1. The van der Waals surface area contributed by atoms with Crippen LogP contribution in [0, 0.1) is 6.92 Å². The monoisotopic (exact) mass is 291 g/mol. The number of benzene rings is 1. The first-order valence-corrected chi connectivity index (χ1v) is 7.10. The van der Waals surface area contributed by atoms with Crippen molar-refractivity contribution in [3.05, 3.63) is 29.3 Å². The van der Waals surface area contributed by atoms with Crippen LogP contribution in [0.4, 0.5) is 0 Å². The number of piperidine rings is 1. The number of ether oxygens (including phenoxy) is 1. The van der Waals surface area contributed by atoms with Gasteiger partial charge in [-0.3, -0.25) is 4.79 Å². The first-order valence-electron chi connectivity index (χ1n) is 7.10. The second kappa shape index (κ2) is 5.76. The summed E-state index contributed by atoms with van der Waals surface area (Å²) >= 11 is 0. The molecule has 0 aromatic heterocycles. The number of carboxylic acids is 1. The Bertz CT molecular complexity index is 569. The lowest BCUT2D eigenvalue weighted by molar-refractivity contribution is -0.150. The molecule has 1 heterocycles. The van der Waals surface area contributed by atoms with Gasteiger partial charge in [-0.05, 0) is 45.2 Å². The SMILES string of the molecule is COc1ccc(C)cc1C(=O)N1CCCCC1(C)C(=O)O. The topological polar surface area (TPSA) is 66.8 Å². The lowest BCUT2D eigenvalue weighted by Gasteiger charge is -2.41. The molecule has 1 fully saturated rings. The smallest absolute Gasteiger partial charge is 0.329 e. The Labute approximate surface area is 124 Å². The lowest BCUT2D eigenvalue weighted by atomic mass is 9.87. The molecule has 0 radical (unpaired) electrons. The minimum absolute atomic E-state index is 0.278. The van der Waals surface area contributed by atoms with Gasteiger partial charge >= 0.3 is 5.97 Å². The fourth-order valence-electron chi connectivity index (χ4n) is 2.80. The largest absolute Gasteiger partial charge is 0.496 e. The van der Waals surface area contributed by atoms with Crippen LogP contribution in [-0.2, 0) is 4.79 Å². The van der Waals surface area contributed by atoms with E-state index in [1.165, 1.54) is 12.0 Å². The van der Waals surface area contributed by atoms with E-state index in [2.05, 4.69) is 0 Å². The molecule has 21 heavy (non-hydrogen) atoms. The van der Waals surface area contributed by atoms with Gasteiger partial charge in [0.1, 0.15) is 11.3 Å². The van der Waals surface area contributed by atoms with Crippen LogP contribution in [0.25, 0.3) is 0 Å². The average Bonchev–Trinajstić information content (AvgIpc) is 2.47. The van der Waals surface area contributed by atoms with Crippen LogP contribution >= 0.6 is 0 Å². The Morgan fingerprint density at radius 3 is 2.67 bits per heavy atom. The van der Waals surface area contributed by atoms with Crippen LogP contribution in [-0.4, -0.2) is 41.1 Å². The van der Waals surface area contributed by atoms with Crippen molar-refractivity contribution in [2.45, 2.75) is 38.6 Å². The van der Waals surface area contributed by atoms with Gasteiger partial charge in [-0.15, -0.1) is 0 Å². The standard InChI is InChI=1S/C16H21NO4/c1-11-6-7-13(21-3)12(10-11)14(18)17-9-5-4-8-16(17,2)15(19)20/h6-7,10H,4-5,8-9H2,1-3H3,(H,19,20). The van der Waals surface area contributed by atoms with Crippen molar-refractivity contribution in [3.8, 4) is 5.75 Å². The Morgan fingerprint density at radius 2 is 2.05 bits per heavy atom. The van der Waals surface area contributed by atoms with Crippen LogP contribution in [0.2, 0.25) is 0 Å². The van der Waals surface area contributed by atoms with Gasteiger partial charge in [0.2, 0.25) is 0 Å². The quantitative estimate of drug-likeness (QED) is 0.929. The maximum atomic E-state index is 12.8. The second-order valence-corrected chi connectivity index (χ2v) is 5.70. The van der Waals surface area contributed by atoms with Gasteiger partial charge in [-0.1, -0.05) is 11.6 Å². The Hall–Kier alpha value is -2.04. The lowest BCUT2D eigenvalue weighted by Crippen LogP contribution is -2.57. The van der Waals surface area contributed by atoms with Crippen LogP contribution in [0.15, 0.2) is 18.2 Å². The number of methoxy groups -OCH3 is 1. The molecule has 1 atom stereocenters. The molecule has 0 bridgehead atoms. The Kier molecular flexibility index (Phi) is 4.21. The Balaban J connectivity index is 2.42. The molecule has 1 unspecified atom stereocenters. The van der Waals surface area contributed by atoms with E-state index in [0.717, 1.165) is 18.4 Å². The van der Waals surface area contributed by atoms with E-state index in [1.807, 2.05) is 13.0 Å². The molecule has 114 valence electrons. The normalized spacial score (nSPS) is 22.0. The summed E-state index contributed by atoms with van der Waals surface area (Å²) in [4.78, 5) is 25.9. The third-order valence-corrected chi connectivity index (χ3v) is 4.18. The van der Waals surface area contributed by atoms with Crippen LogP contribution in [0.3, 0.4) is 0 Å². The minimum Gasteiger partial charge on any atom is -0.496 e. The zero-order valence-corrected chi connectivity index (χ0v) is 12.7. The molecule has 1 amide bonds. The summed E-state index contributed by atoms with van der Waals surface area (Å²) in [5, 5.41) is 9.52. The van der Waals surface area contributed by atoms with Crippen LogP contribution < -0.4 is 4.74 Å². The zero-order valence-electron chi connectivity index (χ0n) is 12.7. The van der Waals surface area contributed by atoms with Gasteiger partial charge in [-0.25, -0.2) is 4.79 Å². The van der Waals surface area contributed by atoms with Crippen LogP contribution in [0.1, 0.15) is 42.1 Å². The zero-order chi connectivity index (χ0) is 15.6.